The van der Waals surface area contributed by atoms with Gasteiger partial charge >= 0.3 is 0 Å². The number of nitrogens with zero attached hydrogens (tertiary/aromatic N) is 3. The predicted octanol–water partition coefficient (Wildman–Crippen LogP) is 4.43. The van der Waals surface area contributed by atoms with Gasteiger partial charge in [-0.3, -0.25) is 4.79 Å². The Hall–Kier alpha value is -3.51. The smallest absolute Gasteiger partial charge is 0.270 e. The maximum absolute atomic E-state index is 12.5. The molecule has 0 radical (unpaired) electrons. The molecule has 6 heteroatoms. The minimum absolute atomic E-state index is 0.175. The summed E-state index contributed by atoms with van der Waals surface area (Å²) in [5.74, 6) is 0. The Morgan fingerprint density at radius 1 is 0.964 bits per heavy atom. The molecule has 3 heterocycles. The molecule has 0 aliphatic carbocycles. The molecule has 5 aromatic rings. The van der Waals surface area contributed by atoms with Crippen LogP contribution in [0.2, 0.25) is 0 Å². The van der Waals surface area contributed by atoms with E-state index in [0.717, 1.165) is 33.0 Å². The van der Waals surface area contributed by atoms with Gasteiger partial charge in [0, 0.05) is 6.42 Å². The lowest BCUT2D eigenvalue weighted by atomic mass is 10.2. The highest BCUT2D eigenvalue weighted by molar-refractivity contribution is 7.13. The van der Waals surface area contributed by atoms with Crippen molar-refractivity contribution in [2.75, 3.05) is 0 Å². The third kappa shape index (κ3) is 3.04. The minimum Gasteiger partial charge on any atom is -0.319 e. The van der Waals surface area contributed by atoms with E-state index in [4.69, 9.17) is 5.10 Å². The molecule has 0 unspecified atom stereocenters. The summed E-state index contributed by atoms with van der Waals surface area (Å²) in [4.78, 5) is 21.1. The average Bonchev–Trinajstić information content (AvgIpc) is 3.39. The molecule has 0 fully saturated rings. The van der Waals surface area contributed by atoms with Gasteiger partial charge < -0.3 is 4.98 Å². The first-order valence-electron chi connectivity index (χ1n) is 8.94. The summed E-state index contributed by atoms with van der Waals surface area (Å²) < 4.78 is 1.93. The quantitative estimate of drug-likeness (QED) is 0.499. The van der Waals surface area contributed by atoms with Crippen LogP contribution in [0.15, 0.2) is 83.0 Å². The normalized spacial score (nSPS) is 11.1. The fourth-order valence-electron chi connectivity index (χ4n) is 3.24. The van der Waals surface area contributed by atoms with Crippen LogP contribution in [0.3, 0.4) is 0 Å². The first kappa shape index (κ1) is 16.6. The summed E-state index contributed by atoms with van der Waals surface area (Å²) >= 11 is 1.67. The molecule has 0 aliphatic rings. The van der Waals surface area contributed by atoms with E-state index in [0.29, 0.717) is 12.1 Å². The maximum atomic E-state index is 12.5. The third-order valence-corrected chi connectivity index (χ3v) is 5.45. The van der Waals surface area contributed by atoms with E-state index >= 15 is 0 Å². The molecule has 3 aromatic heterocycles. The highest BCUT2D eigenvalue weighted by Gasteiger charge is 2.15. The van der Waals surface area contributed by atoms with Gasteiger partial charge in [-0.05, 0) is 41.8 Å². The number of para-hydroxylation sites is 3. The third-order valence-electron chi connectivity index (χ3n) is 4.55. The lowest BCUT2D eigenvalue weighted by Gasteiger charge is -2.05. The van der Waals surface area contributed by atoms with Gasteiger partial charge in [0.25, 0.3) is 5.56 Å². The summed E-state index contributed by atoms with van der Waals surface area (Å²) in [7, 11) is 0. The van der Waals surface area contributed by atoms with Gasteiger partial charge in [-0.1, -0.05) is 36.4 Å². The summed E-state index contributed by atoms with van der Waals surface area (Å²) in [5, 5.41) is 6.83. The molecular formula is C22H16N4OS. The lowest BCUT2D eigenvalue weighted by molar-refractivity contribution is 0.846. The second kappa shape index (κ2) is 6.90. The van der Waals surface area contributed by atoms with E-state index in [-0.39, 0.29) is 5.56 Å². The fourth-order valence-corrected chi connectivity index (χ4v) is 3.97. The van der Waals surface area contributed by atoms with Crippen LogP contribution in [0.25, 0.3) is 27.3 Å². The van der Waals surface area contributed by atoms with E-state index in [1.807, 2.05) is 76.8 Å². The van der Waals surface area contributed by atoms with Crippen LogP contribution in [0.5, 0.6) is 0 Å². The zero-order valence-corrected chi connectivity index (χ0v) is 15.7. The van der Waals surface area contributed by atoms with E-state index in [2.05, 4.69) is 16.0 Å². The number of hydrogen-bond donors (Lipinski definition) is 1. The molecule has 2 aromatic carbocycles. The minimum atomic E-state index is -0.175. The number of rotatable bonds is 4. The zero-order chi connectivity index (χ0) is 18.9. The fraction of sp³-hybridized carbons (Fsp3) is 0.0455. The summed E-state index contributed by atoms with van der Waals surface area (Å²) in [6.07, 6.45) is 0.373. The Balaban J connectivity index is 1.60. The average molecular weight is 384 g/mol. The molecule has 136 valence electrons. The van der Waals surface area contributed by atoms with Crippen LogP contribution in [-0.2, 0) is 6.42 Å². The van der Waals surface area contributed by atoms with Crippen molar-refractivity contribution in [3.63, 3.8) is 0 Å². The van der Waals surface area contributed by atoms with Crippen LogP contribution >= 0.6 is 11.3 Å². The van der Waals surface area contributed by atoms with Crippen molar-refractivity contribution in [2.45, 2.75) is 6.42 Å². The SMILES string of the molecule is O=c1[nH]c2ccccc2nc1Cc1cc(-c2cccs2)n(-c2ccccc2)n1. The number of hydrogen-bond acceptors (Lipinski definition) is 4. The second-order valence-corrected chi connectivity index (χ2v) is 7.40. The second-order valence-electron chi connectivity index (χ2n) is 6.45. The number of aromatic amines is 1. The molecule has 0 atom stereocenters. The first-order valence-corrected chi connectivity index (χ1v) is 9.82. The Kier molecular flexibility index (Phi) is 4.10. The summed E-state index contributed by atoms with van der Waals surface area (Å²) in [5.41, 5.74) is 4.61. The van der Waals surface area contributed by atoms with Gasteiger partial charge in [0.2, 0.25) is 0 Å². The standard InChI is InChI=1S/C22H16N4OS/c27-22-19(23-17-9-4-5-10-18(17)24-22)13-15-14-20(21-11-6-12-28-21)26(25-15)16-7-2-1-3-8-16/h1-12,14H,13H2,(H,24,27). The summed E-state index contributed by atoms with van der Waals surface area (Å²) in [6.45, 7) is 0. The molecule has 0 aliphatic heterocycles. The van der Waals surface area contributed by atoms with Crippen LogP contribution in [0.4, 0.5) is 0 Å². The van der Waals surface area contributed by atoms with Crippen LogP contribution in [0.1, 0.15) is 11.4 Å². The number of H-pyrrole nitrogens is 1. The van der Waals surface area contributed by atoms with Gasteiger partial charge in [-0.15, -0.1) is 11.3 Å². The molecular weight excluding hydrogens is 368 g/mol. The van der Waals surface area contributed by atoms with Crippen molar-refractivity contribution in [1.29, 1.82) is 0 Å². The maximum Gasteiger partial charge on any atom is 0.270 e. The molecule has 5 rings (SSSR count). The number of thiophene rings is 1. The highest BCUT2D eigenvalue weighted by atomic mass is 32.1. The molecule has 28 heavy (non-hydrogen) atoms. The molecule has 0 spiro atoms. The van der Waals surface area contributed by atoms with Crippen LogP contribution < -0.4 is 5.56 Å². The predicted molar refractivity (Wildman–Crippen MR) is 112 cm³/mol. The van der Waals surface area contributed by atoms with Crippen molar-refractivity contribution in [3.05, 3.63) is 99.9 Å². The topological polar surface area (TPSA) is 63.6 Å². The molecule has 5 nitrogen and oxygen atoms in total. The number of fused-ring (bicyclic) bond motifs is 1. The van der Waals surface area contributed by atoms with Gasteiger partial charge in [0.15, 0.2) is 0 Å². The van der Waals surface area contributed by atoms with Crippen LogP contribution in [0, 0.1) is 0 Å². The van der Waals surface area contributed by atoms with Crippen molar-refractivity contribution >= 4 is 22.4 Å². The van der Waals surface area contributed by atoms with Gasteiger partial charge in [0.05, 0.1) is 33.0 Å². The number of nitrogens with one attached hydrogen (secondary N) is 1. The van der Waals surface area contributed by atoms with E-state index in [1.54, 1.807) is 11.3 Å². The van der Waals surface area contributed by atoms with Gasteiger partial charge in [-0.25, -0.2) is 9.67 Å². The van der Waals surface area contributed by atoms with Crippen molar-refractivity contribution < 1.29 is 0 Å². The Labute approximate surface area is 164 Å². The van der Waals surface area contributed by atoms with Crippen molar-refractivity contribution in [3.8, 4) is 16.3 Å². The van der Waals surface area contributed by atoms with E-state index < -0.39 is 0 Å². The van der Waals surface area contributed by atoms with Crippen molar-refractivity contribution in [1.82, 2.24) is 19.7 Å². The van der Waals surface area contributed by atoms with Gasteiger partial charge in [-0.2, -0.15) is 5.10 Å². The molecule has 0 bridgehead atoms. The monoisotopic (exact) mass is 384 g/mol. The molecule has 0 amide bonds. The Morgan fingerprint density at radius 3 is 2.61 bits per heavy atom. The number of benzene rings is 2. The van der Waals surface area contributed by atoms with E-state index in [1.165, 1.54) is 0 Å². The summed E-state index contributed by atoms with van der Waals surface area (Å²) in [6, 6.07) is 23.7. The highest BCUT2D eigenvalue weighted by Crippen LogP contribution is 2.28. The molecule has 1 N–H and O–H groups in total. The largest absolute Gasteiger partial charge is 0.319 e. The van der Waals surface area contributed by atoms with E-state index in [9.17, 15) is 4.79 Å². The Morgan fingerprint density at radius 2 is 1.79 bits per heavy atom. The molecule has 0 saturated carbocycles. The first-order chi connectivity index (χ1) is 13.8. The lowest BCUT2D eigenvalue weighted by Crippen LogP contribution is -2.15. The van der Waals surface area contributed by atoms with Crippen molar-refractivity contribution in [2.24, 2.45) is 0 Å². The zero-order valence-electron chi connectivity index (χ0n) is 14.9. The van der Waals surface area contributed by atoms with Gasteiger partial charge in [0.1, 0.15) is 5.69 Å². The molecule has 0 saturated heterocycles. The van der Waals surface area contributed by atoms with Crippen LogP contribution in [-0.4, -0.2) is 19.7 Å². The Bertz CT molecular complexity index is 1300. The number of aromatic nitrogens is 4.